The lowest BCUT2D eigenvalue weighted by Gasteiger charge is -2.23. The minimum atomic E-state index is -4.42. The van der Waals surface area contributed by atoms with Crippen LogP contribution in [0.2, 0.25) is 0 Å². The lowest BCUT2D eigenvalue weighted by Crippen LogP contribution is -2.34. The Balaban J connectivity index is 2.32. The van der Waals surface area contributed by atoms with Crippen molar-refractivity contribution in [3.8, 4) is 6.07 Å². The van der Waals surface area contributed by atoms with Crippen molar-refractivity contribution in [3.05, 3.63) is 29.3 Å². The van der Waals surface area contributed by atoms with Gasteiger partial charge in [-0.25, -0.2) is 0 Å². The monoisotopic (exact) mass is 297 g/mol. The number of halogens is 3. The second kappa shape index (κ2) is 5.57. The SMILES string of the molecule is CC1CN(c2ccc(C(F)(F)F)cc2C#N)CC1N(C)C. The van der Waals surface area contributed by atoms with Crippen LogP contribution in [0.4, 0.5) is 18.9 Å². The summed E-state index contributed by atoms with van der Waals surface area (Å²) in [5.74, 6) is 0.397. The Morgan fingerprint density at radius 1 is 1.29 bits per heavy atom. The van der Waals surface area contributed by atoms with E-state index in [1.165, 1.54) is 6.07 Å². The molecule has 1 aromatic rings. The summed E-state index contributed by atoms with van der Waals surface area (Å²) in [7, 11) is 3.98. The number of alkyl halides is 3. The molecule has 21 heavy (non-hydrogen) atoms. The van der Waals surface area contributed by atoms with Gasteiger partial charge in [0.25, 0.3) is 0 Å². The van der Waals surface area contributed by atoms with Gasteiger partial charge in [-0.15, -0.1) is 0 Å². The molecule has 0 N–H and O–H groups in total. The lowest BCUT2D eigenvalue weighted by molar-refractivity contribution is -0.137. The number of rotatable bonds is 2. The molecule has 1 heterocycles. The van der Waals surface area contributed by atoms with Crippen LogP contribution in [-0.2, 0) is 6.18 Å². The van der Waals surface area contributed by atoms with Crippen molar-refractivity contribution in [2.24, 2.45) is 5.92 Å². The molecular weight excluding hydrogens is 279 g/mol. The molecule has 2 unspecified atom stereocenters. The van der Waals surface area contributed by atoms with Gasteiger partial charge in [0, 0.05) is 19.1 Å². The fraction of sp³-hybridized carbons (Fsp3) is 0.533. The summed E-state index contributed by atoms with van der Waals surface area (Å²) >= 11 is 0. The van der Waals surface area contributed by atoms with Crippen LogP contribution in [0.25, 0.3) is 0 Å². The van der Waals surface area contributed by atoms with E-state index in [-0.39, 0.29) is 5.56 Å². The second-order valence-electron chi connectivity index (χ2n) is 5.75. The summed E-state index contributed by atoms with van der Waals surface area (Å²) in [6.45, 7) is 3.57. The second-order valence-corrected chi connectivity index (χ2v) is 5.75. The molecule has 1 aromatic carbocycles. The van der Waals surface area contributed by atoms with E-state index in [4.69, 9.17) is 5.26 Å². The molecule has 2 atom stereocenters. The summed E-state index contributed by atoms with van der Waals surface area (Å²) in [6.07, 6.45) is -4.42. The summed E-state index contributed by atoms with van der Waals surface area (Å²) < 4.78 is 38.1. The number of likely N-dealkylation sites (N-methyl/N-ethyl adjacent to an activating group) is 1. The smallest absolute Gasteiger partial charge is 0.369 e. The predicted molar refractivity (Wildman–Crippen MR) is 75.0 cm³/mol. The number of benzene rings is 1. The van der Waals surface area contributed by atoms with Crippen LogP contribution in [-0.4, -0.2) is 38.1 Å². The van der Waals surface area contributed by atoms with Crippen molar-refractivity contribution < 1.29 is 13.2 Å². The van der Waals surface area contributed by atoms with Crippen LogP contribution >= 0.6 is 0 Å². The highest BCUT2D eigenvalue weighted by Crippen LogP contribution is 2.34. The highest BCUT2D eigenvalue weighted by Gasteiger charge is 2.34. The van der Waals surface area contributed by atoms with Gasteiger partial charge in [-0.05, 0) is 38.2 Å². The van der Waals surface area contributed by atoms with Gasteiger partial charge in [-0.2, -0.15) is 18.4 Å². The summed E-state index contributed by atoms with van der Waals surface area (Å²) in [5, 5.41) is 9.16. The number of hydrogen-bond donors (Lipinski definition) is 0. The van der Waals surface area contributed by atoms with E-state index in [0.29, 0.717) is 24.2 Å². The van der Waals surface area contributed by atoms with Gasteiger partial charge in [0.15, 0.2) is 0 Å². The maximum atomic E-state index is 12.7. The van der Waals surface area contributed by atoms with Crippen LogP contribution in [0.15, 0.2) is 18.2 Å². The van der Waals surface area contributed by atoms with Crippen LogP contribution in [0.3, 0.4) is 0 Å². The molecule has 0 radical (unpaired) electrons. The Labute approximate surface area is 122 Å². The van der Waals surface area contributed by atoms with Crippen LogP contribution in [0, 0.1) is 17.2 Å². The quantitative estimate of drug-likeness (QED) is 0.841. The molecule has 0 amide bonds. The van der Waals surface area contributed by atoms with Gasteiger partial charge in [-0.3, -0.25) is 0 Å². The third-order valence-electron chi connectivity index (χ3n) is 4.02. The van der Waals surface area contributed by atoms with E-state index < -0.39 is 11.7 Å². The van der Waals surface area contributed by atoms with Crippen molar-refractivity contribution in [2.75, 3.05) is 32.1 Å². The van der Waals surface area contributed by atoms with Crippen molar-refractivity contribution in [1.82, 2.24) is 4.90 Å². The normalized spacial score (nSPS) is 22.7. The predicted octanol–water partition coefficient (Wildman–Crippen LogP) is 2.96. The average molecular weight is 297 g/mol. The van der Waals surface area contributed by atoms with E-state index in [0.717, 1.165) is 18.7 Å². The molecule has 114 valence electrons. The zero-order chi connectivity index (χ0) is 15.8. The number of nitriles is 1. The van der Waals surface area contributed by atoms with Crippen LogP contribution < -0.4 is 4.90 Å². The first kappa shape index (κ1) is 15.6. The standard InChI is InChI=1S/C15H18F3N3/c1-10-8-21(9-14(10)20(2)3)13-5-4-12(15(16,17)18)6-11(13)7-19/h4-6,10,14H,8-9H2,1-3H3. The lowest BCUT2D eigenvalue weighted by atomic mass is 10.1. The van der Waals surface area contributed by atoms with Gasteiger partial charge in [-0.1, -0.05) is 6.92 Å². The molecule has 3 nitrogen and oxygen atoms in total. The number of hydrogen-bond acceptors (Lipinski definition) is 3. The molecular formula is C15H18F3N3. The topological polar surface area (TPSA) is 30.3 Å². The fourth-order valence-corrected chi connectivity index (χ4v) is 2.90. The minimum Gasteiger partial charge on any atom is -0.369 e. The van der Waals surface area contributed by atoms with Crippen molar-refractivity contribution in [1.29, 1.82) is 5.26 Å². The van der Waals surface area contributed by atoms with E-state index in [1.807, 2.05) is 25.1 Å². The zero-order valence-corrected chi connectivity index (χ0v) is 12.3. The van der Waals surface area contributed by atoms with Crippen LogP contribution in [0.1, 0.15) is 18.1 Å². The first-order chi connectivity index (χ1) is 9.74. The molecule has 1 aliphatic rings. The highest BCUT2D eigenvalue weighted by molar-refractivity contribution is 5.61. The Hall–Kier alpha value is -1.74. The Kier molecular flexibility index (Phi) is 4.15. The Morgan fingerprint density at radius 2 is 1.95 bits per heavy atom. The summed E-state index contributed by atoms with van der Waals surface area (Å²) in [6, 6.07) is 5.61. The molecule has 0 spiro atoms. The van der Waals surface area contributed by atoms with E-state index in [1.54, 1.807) is 0 Å². The minimum absolute atomic E-state index is 0.0800. The van der Waals surface area contributed by atoms with Gasteiger partial charge in [0.2, 0.25) is 0 Å². The van der Waals surface area contributed by atoms with E-state index in [9.17, 15) is 13.2 Å². The van der Waals surface area contributed by atoms with Gasteiger partial charge < -0.3 is 9.80 Å². The molecule has 6 heteroatoms. The molecule has 0 saturated carbocycles. The third kappa shape index (κ3) is 3.13. The Morgan fingerprint density at radius 3 is 2.43 bits per heavy atom. The molecule has 1 fully saturated rings. The zero-order valence-electron chi connectivity index (χ0n) is 12.3. The maximum Gasteiger partial charge on any atom is 0.416 e. The van der Waals surface area contributed by atoms with E-state index >= 15 is 0 Å². The molecule has 1 saturated heterocycles. The van der Waals surface area contributed by atoms with E-state index in [2.05, 4.69) is 11.8 Å². The Bertz CT molecular complexity index is 560. The summed E-state index contributed by atoms with van der Waals surface area (Å²) in [5.41, 5.74) is -0.114. The fourth-order valence-electron chi connectivity index (χ4n) is 2.90. The molecule has 0 aromatic heterocycles. The third-order valence-corrected chi connectivity index (χ3v) is 4.02. The molecule has 0 aliphatic carbocycles. The maximum absolute atomic E-state index is 12.7. The first-order valence-corrected chi connectivity index (χ1v) is 6.76. The molecule has 1 aliphatic heterocycles. The summed E-state index contributed by atoms with van der Waals surface area (Å²) in [4.78, 5) is 4.11. The van der Waals surface area contributed by atoms with Gasteiger partial charge in [0.05, 0.1) is 16.8 Å². The van der Waals surface area contributed by atoms with Crippen molar-refractivity contribution in [2.45, 2.75) is 19.1 Å². The highest BCUT2D eigenvalue weighted by atomic mass is 19.4. The van der Waals surface area contributed by atoms with Gasteiger partial charge >= 0.3 is 6.18 Å². The average Bonchev–Trinajstić information content (AvgIpc) is 2.79. The number of nitrogens with zero attached hydrogens (tertiary/aromatic N) is 3. The molecule has 0 bridgehead atoms. The van der Waals surface area contributed by atoms with Crippen LogP contribution in [0.5, 0.6) is 0 Å². The first-order valence-electron chi connectivity index (χ1n) is 6.76. The largest absolute Gasteiger partial charge is 0.416 e. The van der Waals surface area contributed by atoms with Gasteiger partial charge in [0.1, 0.15) is 6.07 Å². The number of anilines is 1. The van der Waals surface area contributed by atoms with Crippen molar-refractivity contribution >= 4 is 5.69 Å². The molecule has 2 rings (SSSR count). The van der Waals surface area contributed by atoms with Crippen molar-refractivity contribution in [3.63, 3.8) is 0 Å².